The van der Waals surface area contributed by atoms with Crippen molar-refractivity contribution >= 4 is 5.78 Å². The summed E-state index contributed by atoms with van der Waals surface area (Å²) in [5, 5.41) is 4.14. The Hall–Kier alpha value is -1.38. The van der Waals surface area contributed by atoms with E-state index in [4.69, 9.17) is 0 Å². The Balaban J connectivity index is 2.16. The van der Waals surface area contributed by atoms with Gasteiger partial charge in [0, 0.05) is 13.2 Å². The predicted octanol–water partition coefficient (Wildman–Crippen LogP) is 2.49. The second kappa shape index (κ2) is 4.43. The van der Waals surface area contributed by atoms with E-state index in [0.29, 0.717) is 5.69 Å². The normalized spacial score (nSPS) is 17.0. The van der Waals surface area contributed by atoms with Crippen LogP contribution in [0.15, 0.2) is 23.9 Å². The van der Waals surface area contributed by atoms with Gasteiger partial charge in [0.1, 0.15) is 5.69 Å². The molecule has 15 heavy (non-hydrogen) atoms. The van der Waals surface area contributed by atoms with Gasteiger partial charge in [0.2, 0.25) is 5.78 Å². The quantitative estimate of drug-likeness (QED) is 0.694. The number of carbonyl (C=O) groups excluding carboxylic acids is 1. The molecule has 0 bridgehead atoms. The largest absolute Gasteiger partial charge is 0.287 e. The fraction of sp³-hybridized carbons (Fsp3) is 0.500. The number of aryl methyl sites for hydroxylation is 1. The first-order valence-electron chi connectivity index (χ1n) is 5.51. The molecule has 3 nitrogen and oxygen atoms in total. The topological polar surface area (TPSA) is 34.9 Å². The molecule has 0 saturated heterocycles. The van der Waals surface area contributed by atoms with Crippen LogP contribution in [0.2, 0.25) is 0 Å². The molecule has 0 atom stereocenters. The molecule has 1 aliphatic carbocycles. The van der Waals surface area contributed by atoms with Crippen LogP contribution in [0.25, 0.3) is 0 Å². The van der Waals surface area contributed by atoms with Crippen LogP contribution in [-0.2, 0) is 7.05 Å². The summed E-state index contributed by atoms with van der Waals surface area (Å²) in [6.07, 6.45) is 9.41. The van der Waals surface area contributed by atoms with Crippen molar-refractivity contribution in [2.45, 2.75) is 32.1 Å². The van der Waals surface area contributed by atoms with Crippen molar-refractivity contribution in [1.29, 1.82) is 0 Å². The number of ketones is 1. The molecule has 0 amide bonds. The van der Waals surface area contributed by atoms with Crippen LogP contribution >= 0.6 is 0 Å². The lowest BCUT2D eigenvalue weighted by Gasteiger charge is -2.00. The molecular formula is C12H16N2O. The van der Waals surface area contributed by atoms with Crippen molar-refractivity contribution in [2.75, 3.05) is 0 Å². The van der Waals surface area contributed by atoms with Crippen molar-refractivity contribution in [1.82, 2.24) is 9.78 Å². The highest BCUT2D eigenvalue weighted by Gasteiger charge is 2.15. The molecule has 0 N–H and O–H groups in total. The lowest BCUT2D eigenvalue weighted by Crippen LogP contribution is -2.05. The Kier molecular flexibility index (Phi) is 2.99. The minimum atomic E-state index is 0.109. The van der Waals surface area contributed by atoms with E-state index in [1.165, 1.54) is 12.8 Å². The van der Waals surface area contributed by atoms with Crippen LogP contribution in [0.3, 0.4) is 0 Å². The number of allylic oxidation sites excluding steroid dienone is 2. The average molecular weight is 204 g/mol. The van der Waals surface area contributed by atoms with Gasteiger partial charge in [0.25, 0.3) is 0 Å². The number of hydrogen-bond acceptors (Lipinski definition) is 2. The molecule has 0 radical (unpaired) electrons. The molecule has 2 rings (SSSR count). The van der Waals surface area contributed by atoms with Crippen molar-refractivity contribution in [3.63, 3.8) is 0 Å². The summed E-state index contributed by atoms with van der Waals surface area (Å²) in [7, 11) is 1.83. The predicted molar refractivity (Wildman–Crippen MR) is 58.7 cm³/mol. The van der Waals surface area contributed by atoms with Gasteiger partial charge in [-0.3, -0.25) is 9.48 Å². The summed E-state index contributed by atoms with van der Waals surface area (Å²) in [6.45, 7) is 0. The number of hydrogen-bond donors (Lipinski definition) is 0. The fourth-order valence-electron chi connectivity index (χ4n) is 1.92. The third kappa shape index (κ3) is 2.35. The summed E-state index contributed by atoms with van der Waals surface area (Å²) in [6, 6.07) is 1.79. The van der Waals surface area contributed by atoms with Gasteiger partial charge in [0.05, 0.1) is 0 Å². The smallest absolute Gasteiger partial charge is 0.208 e. The van der Waals surface area contributed by atoms with Crippen LogP contribution in [0.4, 0.5) is 0 Å². The molecule has 0 fully saturated rings. The highest BCUT2D eigenvalue weighted by molar-refractivity contribution is 6.07. The summed E-state index contributed by atoms with van der Waals surface area (Å²) < 4.78 is 1.67. The minimum absolute atomic E-state index is 0.109. The van der Waals surface area contributed by atoms with Gasteiger partial charge < -0.3 is 0 Å². The van der Waals surface area contributed by atoms with E-state index in [2.05, 4.69) is 11.2 Å². The number of carbonyl (C=O) groups is 1. The lowest BCUT2D eigenvalue weighted by molar-refractivity contribution is 0.102. The van der Waals surface area contributed by atoms with Crippen LogP contribution in [0.1, 0.15) is 42.6 Å². The SMILES string of the molecule is Cn1ccc(C(=O)C2=CCCCCC2)n1. The highest BCUT2D eigenvalue weighted by Crippen LogP contribution is 2.20. The maximum atomic E-state index is 12.0. The molecule has 0 saturated carbocycles. The van der Waals surface area contributed by atoms with E-state index >= 15 is 0 Å². The minimum Gasteiger partial charge on any atom is -0.287 e. The first kappa shape index (κ1) is 10.1. The molecule has 1 aliphatic rings. The zero-order chi connectivity index (χ0) is 10.7. The third-order valence-corrected chi connectivity index (χ3v) is 2.78. The molecule has 80 valence electrons. The number of rotatable bonds is 2. The second-order valence-corrected chi connectivity index (χ2v) is 4.03. The molecule has 0 spiro atoms. The Morgan fingerprint density at radius 2 is 2.27 bits per heavy atom. The van der Waals surface area contributed by atoms with E-state index in [0.717, 1.165) is 24.8 Å². The zero-order valence-electron chi connectivity index (χ0n) is 9.07. The Morgan fingerprint density at radius 3 is 3.00 bits per heavy atom. The van der Waals surface area contributed by atoms with Gasteiger partial charge in [-0.2, -0.15) is 5.10 Å². The van der Waals surface area contributed by atoms with Crippen LogP contribution in [0, 0.1) is 0 Å². The van der Waals surface area contributed by atoms with Crippen LogP contribution in [0.5, 0.6) is 0 Å². The standard InChI is InChI=1S/C12H16N2O/c1-14-9-8-11(13-14)12(15)10-6-4-2-3-5-7-10/h6,8-9H,2-5,7H2,1H3. The van der Waals surface area contributed by atoms with Crippen molar-refractivity contribution < 1.29 is 4.79 Å². The highest BCUT2D eigenvalue weighted by atomic mass is 16.1. The van der Waals surface area contributed by atoms with Gasteiger partial charge in [-0.1, -0.05) is 12.5 Å². The first-order chi connectivity index (χ1) is 7.27. The lowest BCUT2D eigenvalue weighted by atomic mass is 10.0. The number of nitrogens with zero attached hydrogens (tertiary/aromatic N) is 2. The van der Waals surface area contributed by atoms with Crippen LogP contribution in [-0.4, -0.2) is 15.6 Å². The number of aromatic nitrogens is 2. The molecular weight excluding hydrogens is 188 g/mol. The van der Waals surface area contributed by atoms with Crippen LogP contribution < -0.4 is 0 Å². The molecule has 0 aliphatic heterocycles. The van der Waals surface area contributed by atoms with E-state index in [-0.39, 0.29) is 5.78 Å². The molecule has 0 aromatic carbocycles. The summed E-state index contributed by atoms with van der Waals surface area (Å²) >= 11 is 0. The second-order valence-electron chi connectivity index (χ2n) is 4.03. The monoisotopic (exact) mass is 204 g/mol. The summed E-state index contributed by atoms with van der Waals surface area (Å²) in [5.74, 6) is 0.109. The van der Waals surface area contributed by atoms with E-state index in [1.807, 2.05) is 13.2 Å². The van der Waals surface area contributed by atoms with Crippen molar-refractivity contribution in [3.8, 4) is 0 Å². The fourth-order valence-corrected chi connectivity index (χ4v) is 1.92. The molecule has 1 heterocycles. The number of Topliss-reactive ketones (excluding diaryl/α,β-unsaturated/α-hetero) is 1. The van der Waals surface area contributed by atoms with Crippen molar-refractivity contribution in [2.24, 2.45) is 7.05 Å². The van der Waals surface area contributed by atoms with Gasteiger partial charge in [-0.15, -0.1) is 0 Å². The summed E-state index contributed by atoms with van der Waals surface area (Å²) in [4.78, 5) is 12.0. The Labute approximate surface area is 89.8 Å². The van der Waals surface area contributed by atoms with E-state index in [1.54, 1.807) is 10.7 Å². The Bertz CT molecular complexity index is 390. The molecule has 3 heteroatoms. The van der Waals surface area contributed by atoms with E-state index < -0.39 is 0 Å². The molecule has 1 aromatic heterocycles. The maximum absolute atomic E-state index is 12.0. The van der Waals surface area contributed by atoms with Gasteiger partial charge in [0.15, 0.2) is 0 Å². The van der Waals surface area contributed by atoms with Gasteiger partial charge in [-0.25, -0.2) is 0 Å². The van der Waals surface area contributed by atoms with Gasteiger partial charge >= 0.3 is 0 Å². The third-order valence-electron chi connectivity index (χ3n) is 2.78. The van der Waals surface area contributed by atoms with Crippen molar-refractivity contribution in [3.05, 3.63) is 29.6 Å². The van der Waals surface area contributed by atoms with E-state index in [9.17, 15) is 4.79 Å². The first-order valence-corrected chi connectivity index (χ1v) is 5.51. The molecule has 0 unspecified atom stereocenters. The Morgan fingerprint density at radius 1 is 1.40 bits per heavy atom. The maximum Gasteiger partial charge on any atom is 0.208 e. The zero-order valence-corrected chi connectivity index (χ0v) is 9.07. The molecule has 1 aromatic rings. The average Bonchev–Trinajstić information content (AvgIpc) is 2.53. The van der Waals surface area contributed by atoms with Gasteiger partial charge in [-0.05, 0) is 37.3 Å². The summed E-state index contributed by atoms with van der Waals surface area (Å²) in [5.41, 5.74) is 1.52.